The molecule has 1 aromatic carbocycles. The lowest BCUT2D eigenvalue weighted by molar-refractivity contribution is 0.0652. The first-order valence-electron chi connectivity index (χ1n) is 4.75. The van der Waals surface area contributed by atoms with Gasteiger partial charge in [0.2, 0.25) is 5.76 Å². The van der Waals surface area contributed by atoms with E-state index in [-0.39, 0.29) is 11.7 Å². The van der Waals surface area contributed by atoms with Crippen molar-refractivity contribution in [1.82, 2.24) is 0 Å². The molecule has 0 spiro atoms. The fourth-order valence-electron chi connectivity index (χ4n) is 1.24. The number of ether oxygens (including phenoxy) is 1. The van der Waals surface area contributed by atoms with Crippen molar-refractivity contribution in [2.45, 2.75) is 6.61 Å². The van der Waals surface area contributed by atoms with Crippen LogP contribution in [0.25, 0.3) is 0 Å². The van der Waals surface area contributed by atoms with Crippen LogP contribution in [0.3, 0.4) is 0 Å². The topological polar surface area (TPSA) is 59.7 Å². The Bertz CT molecular complexity index is 473. The highest BCUT2D eigenvalue weighted by molar-refractivity contribution is 5.84. The molecule has 0 bridgehead atoms. The van der Waals surface area contributed by atoms with Crippen LogP contribution in [0, 0.1) is 0 Å². The van der Waals surface area contributed by atoms with E-state index >= 15 is 0 Å². The minimum atomic E-state index is -1.10. The lowest BCUT2D eigenvalue weighted by atomic mass is 10.2. The number of hydrogen-bond donors (Lipinski definition) is 1. The molecule has 1 heterocycles. The molecule has 0 aliphatic rings. The largest absolute Gasteiger partial charge is 0.475 e. The van der Waals surface area contributed by atoms with E-state index in [1.54, 1.807) is 0 Å². The molecule has 0 aliphatic heterocycles. The Morgan fingerprint density at radius 1 is 1.19 bits per heavy atom. The van der Waals surface area contributed by atoms with Crippen molar-refractivity contribution in [3.8, 4) is 5.95 Å². The fraction of sp³-hybridized carbons (Fsp3) is 0.0833. The van der Waals surface area contributed by atoms with Crippen molar-refractivity contribution in [2.75, 3.05) is 0 Å². The number of aromatic carboxylic acids is 1. The van der Waals surface area contributed by atoms with Crippen LogP contribution in [-0.2, 0) is 6.61 Å². The molecule has 1 aromatic heterocycles. The normalized spacial score (nSPS) is 10.0. The van der Waals surface area contributed by atoms with E-state index in [0.29, 0.717) is 6.61 Å². The Hall–Kier alpha value is -2.23. The summed E-state index contributed by atoms with van der Waals surface area (Å²) in [5.74, 6) is -1.01. The summed E-state index contributed by atoms with van der Waals surface area (Å²) in [7, 11) is 0. The molecule has 0 amide bonds. The summed E-state index contributed by atoms with van der Waals surface area (Å²) < 4.78 is 10.2. The summed E-state index contributed by atoms with van der Waals surface area (Å²) in [6.45, 7) is 0.355. The summed E-state index contributed by atoms with van der Waals surface area (Å²) in [6.07, 6.45) is 0. The van der Waals surface area contributed by atoms with Gasteiger partial charge >= 0.3 is 5.97 Å². The van der Waals surface area contributed by atoms with Gasteiger partial charge in [-0.05, 0) is 11.6 Å². The zero-order valence-corrected chi connectivity index (χ0v) is 8.42. The standard InChI is InChI=1S/C12H10O4/c13-12(14)10-6-7-11(16-10)15-8-9-4-2-1-3-5-9/h1-7H,8H2,(H,13,14). The molecule has 4 nitrogen and oxygen atoms in total. The molecule has 2 aromatic rings. The van der Waals surface area contributed by atoms with E-state index in [1.807, 2.05) is 30.3 Å². The van der Waals surface area contributed by atoms with Gasteiger partial charge in [-0.2, -0.15) is 0 Å². The Kier molecular flexibility index (Phi) is 2.91. The second-order valence-electron chi connectivity index (χ2n) is 3.20. The van der Waals surface area contributed by atoms with Crippen LogP contribution in [0.5, 0.6) is 5.95 Å². The number of rotatable bonds is 4. The first-order chi connectivity index (χ1) is 7.75. The summed E-state index contributed by atoms with van der Waals surface area (Å²) >= 11 is 0. The average molecular weight is 218 g/mol. The van der Waals surface area contributed by atoms with Gasteiger partial charge < -0.3 is 14.3 Å². The monoisotopic (exact) mass is 218 g/mol. The van der Waals surface area contributed by atoms with Gasteiger partial charge in [-0.3, -0.25) is 0 Å². The Morgan fingerprint density at radius 2 is 1.94 bits per heavy atom. The van der Waals surface area contributed by atoms with Crippen LogP contribution < -0.4 is 4.74 Å². The predicted octanol–water partition coefficient (Wildman–Crippen LogP) is 2.56. The van der Waals surface area contributed by atoms with Crippen molar-refractivity contribution in [2.24, 2.45) is 0 Å². The molecular weight excluding hydrogens is 208 g/mol. The Labute approximate surface area is 92.1 Å². The van der Waals surface area contributed by atoms with Gasteiger partial charge in [0.05, 0.1) is 0 Å². The number of carboxylic acid groups (broad SMARTS) is 1. The summed E-state index contributed by atoms with van der Waals surface area (Å²) in [6, 6.07) is 12.4. The Morgan fingerprint density at radius 3 is 2.56 bits per heavy atom. The molecule has 0 saturated heterocycles. The van der Waals surface area contributed by atoms with Crippen molar-refractivity contribution in [1.29, 1.82) is 0 Å². The van der Waals surface area contributed by atoms with Crippen molar-refractivity contribution in [3.63, 3.8) is 0 Å². The molecule has 2 rings (SSSR count). The SMILES string of the molecule is O=C(O)c1ccc(OCc2ccccc2)o1. The summed E-state index contributed by atoms with van der Waals surface area (Å²) in [4.78, 5) is 10.5. The molecule has 0 saturated carbocycles. The van der Waals surface area contributed by atoms with E-state index in [1.165, 1.54) is 12.1 Å². The third-order valence-corrected chi connectivity index (χ3v) is 2.02. The van der Waals surface area contributed by atoms with Gasteiger partial charge in [-0.25, -0.2) is 4.79 Å². The fourth-order valence-corrected chi connectivity index (χ4v) is 1.24. The number of furan rings is 1. The van der Waals surface area contributed by atoms with E-state index < -0.39 is 5.97 Å². The van der Waals surface area contributed by atoms with Crippen LogP contribution in [0.2, 0.25) is 0 Å². The maximum atomic E-state index is 10.5. The molecule has 82 valence electrons. The molecule has 0 unspecified atom stereocenters. The van der Waals surface area contributed by atoms with E-state index in [9.17, 15) is 4.79 Å². The maximum absolute atomic E-state index is 10.5. The zero-order valence-electron chi connectivity index (χ0n) is 8.42. The number of carboxylic acids is 1. The first-order valence-corrected chi connectivity index (χ1v) is 4.75. The minimum absolute atomic E-state index is 0.122. The molecule has 0 aliphatic carbocycles. The molecule has 0 fully saturated rings. The Balaban J connectivity index is 1.97. The summed E-state index contributed by atoms with van der Waals surface area (Å²) in [5.41, 5.74) is 0.996. The molecule has 1 N–H and O–H groups in total. The molecule has 16 heavy (non-hydrogen) atoms. The van der Waals surface area contributed by atoms with Gasteiger partial charge in [0.15, 0.2) is 0 Å². The molecule has 4 heteroatoms. The van der Waals surface area contributed by atoms with Crippen molar-refractivity contribution in [3.05, 3.63) is 53.8 Å². The zero-order chi connectivity index (χ0) is 11.4. The second-order valence-corrected chi connectivity index (χ2v) is 3.20. The van der Waals surface area contributed by atoms with Gasteiger partial charge in [-0.1, -0.05) is 30.3 Å². The molecule has 0 atom stereocenters. The third kappa shape index (κ3) is 2.42. The maximum Gasteiger partial charge on any atom is 0.371 e. The average Bonchev–Trinajstić information content (AvgIpc) is 2.76. The molecule has 0 radical (unpaired) electrons. The highest BCUT2D eigenvalue weighted by atomic mass is 16.6. The van der Waals surface area contributed by atoms with E-state index in [4.69, 9.17) is 14.3 Å². The van der Waals surface area contributed by atoms with Gasteiger partial charge in [0.1, 0.15) is 6.61 Å². The van der Waals surface area contributed by atoms with Crippen LogP contribution >= 0.6 is 0 Å². The van der Waals surface area contributed by atoms with Gasteiger partial charge in [-0.15, -0.1) is 0 Å². The predicted molar refractivity (Wildman–Crippen MR) is 56.4 cm³/mol. The lowest BCUT2D eigenvalue weighted by Crippen LogP contribution is -1.94. The first kappa shape index (κ1) is 10.3. The highest BCUT2D eigenvalue weighted by Crippen LogP contribution is 2.17. The number of hydrogen-bond acceptors (Lipinski definition) is 3. The smallest absolute Gasteiger partial charge is 0.371 e. The van der Waals surface area contributed by atoms with Gasteiger partial charge in [0.25, 0.3) is 5.95 Å². The van der Waals surface area contributed by atoms with E-state index in [0.717, 1.165) is 5.56 Å². The van der Waals surface area contributed by atoms with Crippen LogP contribution in [0.4, 0.5) is 0 Å². The highest BCUT2D eigenvalue weighted by Gasteiger charge is 2.09. The van der Waals surface area contributed by atoms with Crippen molar-refractivity contribution < 1.29 is 19.1 Å². The molecular formula is C12H10O4. The van der Waals surface area contributed by atoms with Crippen LogP contribution in [-0.4, -0.2) is 11.1 Å². The van der Waals surface area contributed by atoms with Gasteiger partial charge in [0, 0.05) is 6.07 Å². The third-order valence-electron chi connectivity index (χ3n) is 2.02. The number of carbonyl (C=O) groups is 1. The minimum Gasteiger partial charge on any atom is -0.475 e. The number of benzene rings is 1. The second kappa shape index (κ2) is 4.53. The van der Waals surface area contributed by atoms with E-state index in [2.05, 4.69) is 0 Å². The van der Waals surface area contributed by atoms with Crippen LogP contribution in [0.15, 0.2) is 46.9 Å². The quantitative estimate of drug-likeness (QED) is 0.856. The summed E-state index contributed by atoms with van der Waals surface area (Å²) in [5, 5.41) is 8.63. The lowest BCUT2D eigenvalue weighted by Gasteiger charge is -2.01. The van der Waals surface area contributed by atoms with Crippen molar-refractivity contribution >= 4 is 5.97 Å². The van der Waals surface area contributed by atoms with Crippen LogP contribution in [0.1, 0.15) is 16.1 Å².